The molecular formula is C3H8N2O2S. The van der Waals surface area contributed by atoms with Crippen molar-refractivity contribution in [2.75, 3.05) is 13.4 Å². The van der Waals surface area contributed by atoms with Gasteiger partial charge in [0.2, 0.25) is 0 Å². The summed E-state index contributed by atoms with van der Waals surface area (Å²) in [5.41, 5.74) is 4.80. The third kappa shape index (κ3) is 2.04. The average Bonchev–Trinajstić information content (AvgIpc) is 1.69. The molecule has 4 nitrogen and oxygen atoms in total. The third-order valence-electron chi connectivity index (χ3n) is 0.512. The number of hydroxylamine groups is 1. The van der Waals surface area contributed by atoms with E-state index in [0.29, 0.717) is 0 Å². The number of nitrogens with two attached hydrogens (primary N) is 1. The molecular weight excluding hydrogens is 128 g/mol. The van der Waals surface area contributed by atoms with Crippen LogP contribution in [0.4, 0.5) is 4.79 Å². The molecule has 0 aromatic rings. The van der Waals surface area contributed by atoms with Crippen LogP contribution in [0.25, 0.3) is 0 Å². The van der Waals surface area contributed by atoms with Crippen LogP contribution in [0.5, 0.6) is 0 Å². The van der Waals surface area contributed by atoms with E-state index in [1.807, 2.05) is 0 Å². The van der Waals surface area contributed by atoms with Gasteiger partial charge in [-0.2, -0.15) is 0 Å². The minimum atomic E-state index is -0.597. The molecule has 2 amide bonds. The number of primary amides is 1. The zero-order valence-corrected chi connectivity index (χ0v) is 5.57. The topological polar surface area (TPSA) is 55.6 Å². The van der Waals surface area contributed by atoms with Crippen LogP contribution < -0.4 is 5.73 Å². The number of hydrogen-bond donors (Lipinski definition) is 1. The predicted molar refractivity (Wildman–Crippen MR) is 31.9 cm³/mol. The van der Waals surface area contributed by atoms with Gasteiger partial charge in [0, 0.05) is 6.26 Å². The predicted octanol–water partition coefficient (Wildman–Crippen LogP) is 0.207. The molecule has 0 fully saturated rings. The molecule has 0 atom stereocenters. The Morgan fingerprint density at radius 3 is 2.38 bits per heavy atom. The number of hydrogen-bond acceptors (Lipinski definition) is 3. The second-order valence-corrected chi connectivity index (χ2v) is 1.66. The Kier molecular flexibility index (Phi) is 3.38. The molecule has 0 saturated heterocycles. The van der Waals surface area contributed by atoms with E-state index >= 15 is 0 Å². The molecule has 0 aliphatic carbocycles. The van der Waals surface area contributed by atoms with Gasteiger partial charge in [0.1, 0.15) is 0 Å². The molecule has 0 rings (SSSR count). The summed E-state index contributed by atoms with van der Waals surface area (Å²) in [7, 11) is 1.38. The fourth-order valence-corrected chi connectivity index (χ4v) is 0.583. The number of urea groups is 1. The summed E-state index contributed by atoms with van der Waals surface area (Å²) in [6.07, 6.45) is 1.69. The Morgan fingerprint density at radius 1 is 1.88 bits per heavy atom. The van der Waals surface area contributed by atoms with E-state index in [2.05, 4.69) is 4.84 Å². The van der Waals surface area contributed by atoms with Gasteiger partial charge in [0.15, 0.2) is 0 Å². The minimum absolute atomic E-state index is 0.597. The van der Waals surface area contributed by atoms with Gasteiger partial charge in [-0.15, -0.1) is 4.47 Å². The first-order valence-electron chi connectivity index (χ1n) is 1.90. The minimum Gasteiger partial charge on any atom is -0.349 e. The van der Waals surface area contributed by atoms with Gasteiger partial charge in [-0.3, -0.25) is 4.84 Å². The SMILES string of the molecule is CON(SC)C(N)=O. The summed E-state index contributed by atoms with van der Waals surface area (Å²) in [5, 5.41) is 0. The van der Waals surface area contributed by atoms with Crippen molar-refractivity contribution in [2.45, 2.75) is 0 Å². The van der Waals surface area contributed by atoms with Crippen molar-refractivity contribution in [2.24, 2.45) is 5.73 Å². The zero-order valence-electron chi connectivity index (χ0n) is 4.75. The Morgan fingerprint density at radius 2 is 2.38 bits per heavy atom. The quantitative estimate of drug-likeness (QED) is 0.436. The lowest BCUT2D eigenvalue weighted by atomic mass is 11.2. The van der Waals surface area contributed by atoms with E-state index in [-0.39, 0.29) is 0 Å². The van der Waals surface area contributed by atoms with Gasteiger partial charge < -0.3 is 5.73 Å². The molecule has 8 heavy (non-hydrogen) atoms. The maximum atomic E-state index is 10.2. The molecule has 0 aromatic carbocycles. The molecule has 0 bridgehead atoms. The van der Waals surface area contributed by atoms with Crippen molar-refractivity contribution in [1.82, 2.24) is 4.47 Å². The highest BCUT2D eigenvalue weighted by Crippen LogP contribution is 2.01. The van der Waals surface area contributed by atoms with Crippen molar-refractivity contribution >= 4 is 18.0 Å². The lowest BCUT2D eigenvalue weighted by molar-refractivity contribution is 0.00338. The zero-order chi connectivity index (χ0) is 6.57. The van der Waals surface area contributed by atoms with E-state index in [1.165, 1.54) is 7.11 Å². The van der Waals surface area contributed by atoms with Crippen LogP contribution in [-0.2, 0) is 4.84 Å². The molecule has 0 heterocycles. The maximum Gasteiger partial charge on any atom is 0.349 e. The van der Waals surface area contributed by atoms with Crippen LogP contribution >= 0.6 is 11.9 Å². The lowest BCUT2D eigenvalue weighted by Crippen LogP contribution is -2.28. The third-order valence-corrected chi connectivity index (χ3v) is 1.17. The van der Waals surface area contributed by atoms with E-state index in [0.717, 1.165) is 16.4 Å². The summed E-state index contributed by atoms with van der Waals surface area (Å²) in [4.78, 5) is 14.6. The fraction of sp³-hybridized carbons (Fsp3) is 0.667. The molecule has 48 valence electrons. The average molecular weight is 136 g/mol. The monoisotopic (exact) mass is 136 g/mol. The lowest BCUT2D eigenvalue weighted by Gasteiger charge is -2.10. The first kappa shape index (κ1) is 7.58. The second-order valence-electron chi connectivity index (χ2n) is 0.960. The normalized spacial score (nSPS) is 8.75. The van der Waals surface area contributed by atoms with Crippen LogP contribution in [0.15, 0.2) is 0 Å². The van der Waals surface area contributed by atoms with Crippen molar-refractivity contribution in [3.8, 4) is 0 Å². The van der Waals surface area contributed by atoms with Crippen LogP contribution in [0, 0.1) is 0 Å². The molecule has 0 spiro atoms. The summed E-state index contributed by atoms with van der Waals surface area (Å²) in [5.74, 6) is 0. The van der Waals surface area contributed by atoms with Crippen LogP contribution in [-0.4, -0.2) is 23.9 Å². The molecule has 0 aromatic heterocycles. The highest BCUT2D eigenvalue weighted by Gasteiger charge is 2.03. The molecule has 0 aliphatic rings. The smallest absolute Gasteiger partial charge is 0.349 e. The Balaban J connectivity index is 3.52. The summed E-state index contributed by atoms with van der Waals surface area (Å²) in [6.45, 7) is 0. The fourth-order valence-electron chi connectivity index (χ4n) is 0.254. The van der Waals surface area contributed by atoms with Crippen LogP contribution in [0.1, 0.15) is 0 Å². The van der Waals surface area contributed by atoms with E-state index in [9.17, 15) is 4.79 Å². The van der Waals surface area contributed by atoms with Gasteiger partial charge in [-0.25, -0.2) is 4.79 Å². The second kappa shape index (κ2) is 3.57. The van der Waals surface area contributed by atoms with Gasteiger partial charge in [-0.1, -0.05) is 0 Å². The van der Waals surface area contributed by atoms with Crippen LogP contribution in [0.2, 0.25) is 0 Å². The Hall–Kier alpha value is -0.420. The number of rotatable bonds is 2. The van der Waals surface area contributed by atoms with Crippen molar-refractivity contribution < 1.29 is 9.63 Å². The Labute approximate surface area is 52.1 Å². The Bertz CT molecular complexity index is 83.4. The summed E-state index contributed by atoms with van der Waals surface area (Å²) < 4.78 is 0.972. The number of nitrogens with zero attached hydrogens (tertiary/aromatic N) is 1. The van der Waals surface area contributed by atoms with Crippen molar-refractivity contribution in [3.05, 3.63) is 0 Å². The van der Waals surface area contributed by atoms with E-state index < -0.39 is 6.03 Å². The molecule has 2 N–H and O–H groups in total. The summed E-state index contributed by atoms with van der Waals surface area (Å²) >= 11 is 1.11. The number of carbonyl (C=O) groups is 1. The number of amides is 2. The summed E-state index contributed by atoms with van der Waals surface area (Å²) in [6, 6.07) is -0.597. The highest BCUT2D eigenvalue weighted by atomic mass is 32.2. The molecule has 5 heteroatoms. The van der Waals surface area contributed by atoms with Crippen LogP contribution in [0.3, 0.4) is 0 Å². The molecule has 0 radical (unpaired) electrons. The highest BCUT2D eigenvalue weighted by molar-refractivity contribution is 7.96. The molecule has 0 aliphatic heterocycles. The number of carbonyl (C=O) groups excluding carboxylic acids is 1. The molecule has 0 saturated carbocycles. The standard InChI is InChI=1S/C3H8N2O2S/c1-7-5(8-2)3(4)6/h1-2H3,(H2,4,6). The van der Waals surface area contributed by atoms with Gasteiger partial charge in [0.05, 0.1) is 7.11 Å². The van der Waals surface area contributed by atoms with Gasteiger partial charge >= 0.3 is 6.03 Å². The first-order chi connectivity index (χ1) is 3.72. The molecule has 0 unspecified atom stereocenters. The van der Waals surface area contributed by atoms with Gasteiger partial charge in [0.25, 0.3) is 0 Å². The van der Waals surface area contributed by atoms with Gasteiger partial charge in [-0.05, 0) is 11.9 Å². The maximum absolute atomic E-state index is 10.2. The first-order valence-corrected chi connectivity index (χ1v) is 3.08. The van der Waals surface area contributed by atoms with Crippen molar-refractivity contribution in [1.29, 1.82) is 0 Å². The van der Waals surface area contributed by atoms with Crippen molar-refractivity contribution in [3.63, 3.8) is 0 Å². The van der Waals surface area contributed by atoms with E-state index in [4.69, 9.17) is 5.73 Å². The largest absolute Gasteiger partial charge is 0.349 e. The van der Waals surface area contributed by atoms with E-state index in [1.54, 1.807) is 6.26 Å².